The highest BCUT2D eigenvalue weighted by molar-refractivity contribution is 7.89. The topological polar surface area (TPSA) is 37.4 Å². The summed E-state index contributed by atoms with van der Waals surface area (Å²) in [4.78, 5) is 0. The fraction of sp³-hybridized carbons (Fsp3) is 0.800. The Morgan fingerprint density at radius 1 is 1.50 bits per heavy atom. The zero-order valence-corrected chi connectivity index (χ0v) is 9.71. The van der Waals surface area contributed by atoms with Gasteiger partial charge in [-0.3, -0.25) is 0 Å². The van der Waals surface area contributed by atoms with E-state index in [1.807, 2.05) is 20.8 Å². The van der Waals surface area contributed by atoms with Crippen LogP contribution in [-0.2, 0) is 10.0 Å². The number of hydrogen-bond acceptors (Lipinski definition) is 2. The van der Waals surface area contributed by atoms with Crippen molar-refractivity contribution in [1.82, 2.24) is 4.31 Å². The number of rotatable bonds is 2. The summed E-state index contributed by atoms with van der Waals surface area (Å²) in [6.45, 7) is 6.40. The smallest absolute Gasteiger partial charge is 0.212 e. The Labute approximate surface area is 86.5 Å². The second-order valence-corrected chi connectivity index (χ2v) is 6.28. The lowest BCUT2D eigenvalue weighted by atomic mass is 10.0. The number of nitrogens with zero attached hydrogens (tertiary/aromatic N) is 1. The number of sulfonamides is 1. The molecule has 0 radical (unpaired) electrons. The van der Waals surface area contributed by atoms with Crippen molar-refractivity contribution in [3.63, 3.8) is 0 Å². The van der Waals surface area contributed by atoms with E-state index in [1.54, 1.807) is 0 Å². The Morgan fingerprint density at radius 3 is 2.36 bits per heavy atom. The zero-order chi connectivity index (χ0) is 10.9. The Balaban J connectivity index is 2.94. The van der Waals surface area contributed by atoms with E-state index < -0.39 is 10.0 Å². The molecule has 1 heterocycles. The first-order valence-electron chi connectivity index (χ1n) is 4.84. The van der Waals surface area contributed by atoms with Crippen LogP contribution in [0.1, 0.15) is 20.8 Å². The van der Waals surface area contributed by atoms with Crippen LogP contribution in [0.15, 0.2) is 0 Å². The van der Waals surface area contributed by atoms with Gasteiger partial charge in [0.15, 0.2) is 0 Å². The first-order chi connectivity index (χ1) is 6.38. The van der Waals surface area contributed by atoms with Gasteiger partial charge in [0.1, 0.15) is 0 Å². The third-order valence-electron chi connectivity index (χ3n) is 2.46. The Morgan fingerprint density at radius 2 is 2.07 bits per heavy atom. The summed E-state index contributed by atoms with van der Waals surface area (Å²) in [5, 5.41) is 0. The van der Waals surface area contributed by atoms with Crippen molar-refractivity contribution in [3.05, 3.63) is 0 Å². The van der Waals surface area contributed by atoms with Crippen molar-refractivity contribution < 1.29 is 8.42 Å². The van der Waals surface area contributed by atoms with Crippen molar-refractivity contribution in [2.75, 3.05) is 12.3 Å². The summed E-state index contributed by atoms with van der Waals surface area (Å²) in [5.74, 6) is 3.16. The van der Waals surface area contributed by atoms with Gasteiger partial charge in [0.2, 0.25) is 10.0 Å². The molecule has 0 bridgehead atoms. The van der Waals surface area contributed by atoms with Crippen molar-refractivity contribution in [2.45, 2.75) is 26.8 Å². The average Bonchev–Trinajstić information content (AvgIpc) is 2.26. The normalized spacial score (nSPS) is 28.9. The summed E-state index contributed by atoms with van der Waals surface area (Å²) >= 11 is 0. The Kier molecular flexibility index (Phi) is 3.23. The molecule has 0 aromatic heterocycles. The number of hydrogen-bond donors (Lipinski definition) is 0. The molecule has 1 saturated heterocycles. The predicted octanol–water partition coefficient (Wildman–Crippen LogP) is 0.926. The summed E-state index contributed by atoms with van der Waals surface area (Å²) in [6, 6.07) is -0.287. The van der Waals surface area contributed by atoms with E-state index in [0.717, 1.165) is 0 Å². The minimum atomic E-state index is -3.10. The molecule has 1 fully saturated rings. The van der Waals surface area contributed by atoms with Gasteiger partial charge in [0, 0.05) is 6.54 Å². The molecule has 0 aromatic rings. The maximum absolute atomic E-state index is 11.7. The van der Waals surface area contributed by atoms with Gasteiger partial charge in [-0.1, -0.05) is 26.7 Å². The fourth-order valence-electron chi connectivity index (χ4n) is 1.82. The summed E-state index contributed by atoms with van der Waals surface area (Å²) in [6.07, 6.45) is 5.36. The molecule has 1 rings (SSSR count). The maximum Gasteiger partial charge on any atom is 0.215 e. The maximum atomic E-state index is 11.7. The molecule has 0 aliphatic carbocycles. The molecule has 14 heavy (non-hydrogen) atoms. The van der Waals surface area contributed by atoms with E-state index in [1.165, 1.54) is 4.31 Å². The van der Waals surface area contributed by atoms with Gasteiger partial charge >= 0.3 is 0 Å². The number of terminal acetylenes is 1. The molecular weight excluding hydrogens is 198 g/mol. The van der Waals surface area contributed by atoms with Crippen molar-refractivity contribution >= 4 is 10.0 Å². The van der Waals surface area contributed by atoms with E-state index in [0.29, 0.717) is 6.54 Å². The van der Waals surface area contributed by atoms with Crippen LogP contribution in [0.25, 0.3) is 0 Å². The zero-order valence-electron chi connectivity index (χ0n) is 8.90. The predicted molar refractivity (Wildman–Crippen MR) is 57.1 cm³/mol. The van der Waals surface area contributed by atoms with Gasteiger partial charge in [-0.2, -0.15) is 4.31 Å². The molecular formula is C10H17NO2S. The van der Waals surface area contributed by atoms with Gasteiger partial charge in [-0.15, -0.1) is 6.42 Å². The van der Waals surface area contributed by atoms with E-state index in [9.17, 15) is 8.42 Å². The van der Waals surface area contributed by atoms with Crippen molar-refractivity contribution in [1.29, 1.82) is 0 Å². The second-order valence-electron chi connectivity index (χ2n) is 4.31. The van der Waals surface area contributed by atoms with Crippen LogP contribution in [0.2, 0.25) is 0 Å². The molecule has 4 heteroatoms. The molecule has 1 aliphatic rings. The minimum Gasteiger partial charge on any atom is -0.212 e. The van der Waals surface area contributed by atoms with Crippen LogP contribution in [0.5, 0.6) is 0 Å². The highest BCUT2D eigenvalue weighted by atomic mass is 32.2. The lowest BCUT2D eigenvalue weighted by molar-refractivity contribution is 0.314. The SMILES string of the molecule is C#CC(C(C)C)N1CC(C)CS1(=O)=O. The van der Waals surface area contributed by atoms with Crippen molar-refractivity contribution in [3.8, 4) is 12.3 Å². The largest absolute Gasteiger partial charge is 0.215 e. The second kappa shape index (κ2) is 3.92. The van der Waals surface area contributed by atoms with Gasteiger partial charge in [-0.05, 0) is 11.8 Å². The van der Waals surface area contributed by atoms with Crippen LogP contribution in [0.3, 0.4) is 0 Å². The summed E-state index contributed by atoms with van der Waals surface area (Å²) in [7, 11) is -3.10. The van der Waals surface area contributed by atoms with Crippen LogP contribution < -0.4 is 0 Å². The molecule has 3 nitrogen and oxygen atoms in total. The van der Waals surface area contributed by atoms with Gasteiger partial charge in [-0.25, -0.2) is 8.42 Å². The average molecular weight is 215 g/mol. The minimum absolute atomic E-state index is 0.167. The third-order valence-corrected chi connectivity index (χ3v) is 4.54. The molecule has 0 spiro atoms. The standard InChI is InChI=1S/C10H17NO2S/c1-5-10(8(2)3)11-6-9(4)7-14(11,12)13/h1,8-10H,6-7H2,2-4H3. The summed E-state index contributed by atoms with van der Waals surface area (Å²) in [5.41, 5.74) is 0. The van der Waals surface area contributed by atoms with Crippen LogP contribution in [0.4, 0.5) is 0 Å². The molecule has 0 saturated carbocycles. The van der Waals surface area contributed by atoms with Gasteiger partial charge in [0.05, 0.1) is 11.8 Å². The first-order valence-corrected chi connectivity index (χ1v) is 6.45. The van der Waals surface area contributed by atoms with Crippen LogP contribution in [-0.4, -0.2) is 31.1 Å². The molecule has 2 atom stereocenters. The van der Waals surface area contributed by atoms with Crippen LogP contribution in [0, 0.1) is 24.2 Å². The van der Waals surface area contributed by atoms with Crippen molar-refractivity contribution in [2.24, 2.45) is 11.8 Å². The Bertz CT molecular complexity index is 340. The quantitative estimate of drug-likeness (QED) is 0.643. The van der Waals surface area contributed by atoms with E-state index >= 15 is 0 Å². The Hall–Kier alpha value is -0.530. The lowest BCUT2D eigenvalue weighted by Crippen LogP contribution is -2.39. The van der Waals surface area contributed by atoms with Crippen LogP contribution >= 0.6 is 0 Å². The molecule has 0 aromatic carbocycles. The highest BCUT2D eigenvalue weighted by Crippen LogP contribution is 2.24. The third kappa shape index (κ3) is 2.10. The molecule has 80 valence electrons. The monoisotopic (exact) mass is 215 g/mol. The molecule has 0 N–H and O–H groups in total. The fourth-order valence-corrected chi connectivity index (χ4v) is 3.97. The van der Waals surface area contributed by atoms with Gasteiger partial charge < -0.3 is 0 Å². The van der Waals surface area contributed by atoms with Gasteiger partial charge in [0.25, 0.3) is 0 Å². The lowest BCUT2D eigenvalue weighted by Gasteiger charge is -2.24. The van der Waals surface area contributed by atoms with E-state index in [4.69, 9.17) is 6.42 Å². The molecule has 2 unspecified atom stereocenters. The van der Waals surface area contributed by atoms with E-state index in [-0.39, 0.29) is 23.6 Å². The van der Waals surface area contributed by atoms with E-state index in [2.05, 4.69) is 5.92 Å². The molecule has 1 aliphatic heterocycles. The molecule has 0 amide bonds. The highest BCUT2D eigenvalue weighted by Gasteiger charge is 2.38. The first kappa shape index (κ1) is 11.5. The summed E-state index contributed by atoms with van der Waals surface area (Å²) < 4.78 is 24.9.